The Morgan fingerprint density at radius 3 is 2.53 bits per heavy atom. The van der Waals surface area contributed by atoms with Crippen molar-refractivity contribution in [2.75, 3.05) is 5.32 Å². The molecule has 0 atom stereocenters. The van der Waals surface area contributed by atoms with E-state index in [4.69, 9.17) is 23.2 Å². The molecule has 7 nitrogen and oxygen atoms in total. The summed E-state index contributed by atoms with van der Waals surface area (Å²) in [5.74, 6) is -0.596. The third-order valence-electron chi connectivity index (χ3n) is 4.91. The number of hydrogen-bond donors (Lipinski definition) is 2. The Balaban J connectivity index is 1.55. The Labute approximate surface area is 194 Å². The van der Waals surface area contributed by atoms with Crippen LogP contribution in [0.1, 0.15) is 27.4 Å². The average Bonchev–Trinajstić information content (AvgIpc) is 3.09. The molecule has 0 saturated carbocycles. The number of nitrogens with zero attached hydrogens (tertiary/aromatic N) is 3. The molecule has 3 heterocycles. The standard InChI is InChI=1S/C23H19Cl2N5O2/c1-14-19(12-20(31)27-13-15-6-2-3-10-26-15)30-11-5-9-18(22(30)28-14)29-23(32)21-16(24)7-4-8-17(21)25/h2-11H,12-13H2,1H3,(H,27,31)(H,29,32). The number of fused-ring (bicyclic) bond motifs is 1. The maximum Gasteiger partial charge on any atom is 0.258 e. The summed E-state index contributed by atoms with van der Waals surface area (Å²) in [6.45, 7) is 2.17. The van der Waals surface area contributed by atoms with E-state index < -0.39 is 5.91 Å². The lowest BCUT2D eigenvalue weighted by molar-refractivity contribution is -0.120. The van der Waals surface area contributed by atoms with Gasteiger partial charge in [-0.05, 0) is 43.3 Å². The third-order valence-corrected chi connectivity index (χ3v) is 5.54. The summed E-state index contributed by atoms with van der Waals surface area (Å²) < 4.78 is 1.79. The van der Waals surface area contributed by atoms with Gasteiger partial charge in [-0.2, -0.15) is 0 Å². The lowest BCUT2D eigenvalue weighted by atomic mass is 10.2. The van der Waals surface area contributed by atoms with Crippen LogP contribution in [0.3, 0.4) is 0 Å². The van der Waals surface area contributed by atoms with Crippen LogP contribution in [0.25, 0.3) is 5.65 Å². The number of imidazole rings is 1. The molecule has 32 heavy (non-hydrogen) atoms. The number of carbonyl (C=O) groups is 2. The van der Waals surface area contributed by atoms with E-state index in [-0.39, 0.29) is 27.9 Å². The van der Waals surface area contributed by atoms with Crippen LogP contribution < -0.4 is 10.6 Å². The molecule has 0 bridgehead atoms. The van der Waals surface area contributed by atoms with E-state index >= 15 is 0 Å². The summed E-state index contributed by atoms with van der Waals surface area (Å²) in [6, 6.07) is 13.9. The number of halogens is 2. The van der Waals surface area contributed by atoms with Crippen molar-refractivity contribution in [3.05, 3.63) is 93.6 Å². The summed E-state index contributed by atoms with van der Waals surface area (Å²) in [6.07, 6.45) is 3.62. The second-order valence-electron chi connectivity index (χ2n) is 7.08. The number of anilines is 1. The lowest BCUT2D eigenvalue weighted by Gasteiger charge is -2.10. The predicted octanol–water partition coefficient (Wildman–Crippen LogP) is 4.46. The minimum atomic E-state index is -0.441. The number of benzene rings is 1. The highest BCUT2D eigenvalue weighted by molar-refractivity contribution is 6.40. The highest BCUT2D eigenvalue weighted by Crippen LogP contribution is 2.27. The van der Waals surface area contributed by atoms with Gasteiger partial charge in [-0.15, -0.1) is 0 Å². The lowest BCUT2D eigenvalue weighted by Crippen LogP contribution is -2.25. The maximum atomic E-state index is 12.8. The second kappa shape index (κ2) is 9.38. The van der Waals surface area contributed by atoms with Crippen molar-refractivity contribution in [3.63, 3.8) is 0 Å². The van der Waals surface area contributed by atoms with E-state index in [0.29, 0.717) is 23.6 Å². The zero-order valence-electron chi connectivity index (χ0n) is 17.1. The van der Waals surface area contributed by atoms with Crippen molar-refractivity contribution in [2.24, 2.45) is 0 Å². The van der Waals surface area contributed by atoms with Gasteiger partial charge < -0.3 is 15.0 Å². The number of nitrogens with one attached hydrogen (secondary N) is 2. The first-order valence-corrected chi connectivity index (χ1v) is 10.6. The Bertz CT molecular complexity index is 1280. The second-order valence-corrected chi connectivity index (χ2v) is 7.90. The Morgan fingerprint density at radius 1 is 1.03 bits per heavy atom. The quantitative estimate of drug-likeness (QED) is 0.438. The molecule has 4 aromatic rings. The number of amides is 2. The summed E-state index contributed by atoms with van der Waals surface area (Å²) in [4.78, 5) is 34.1. The minimum absolute atomic E-state index is 0.133. The summed E-state index contributed by atoms with van der Waals surface area (Å²) >= 11 is 12.3. The molecule has 9 heteroatoms. The monoisotopic (exact) mass is 467 g/mol. The SMILES string of the molecule is Cc1nc2c(NC(=O)c3c(Cl)cccc3Cl)cccn2c1CC(=O)NCc1ccccn1. The van der Waals surface area contributed by atoms with Gasteiger partial charge in [0, 0.05) is 12.4 Å². The fraction of sp³-hybridized carbons (Fsp3) is 0.130. The first-order chi connectivity index (χ1) is 15.4. The zero-order valence-corrected chi connectivity index (χ0v) is 18.6. The fourth-order valence-electron chi connectivity index (χ4n) is 3.35. The molecule has 4 rings (SSSR count). The normalized spacial score (nSPS) is 10.8. The molecule has 2 amide bonds. The molecule has 1 aromatic carbocycles. The Morgan fingerprint density at radius 2 is 1.81 bits per heavy atom. The molecule has 162 valence electrons. The van der Waals surface area contributed by atoms with Crippen LogP contribution in [0, 0.1) is 6.92 Å². The van der Waals surface area contributed by atoms with Crippen molar-refractivity contribution >= 4 is 46.4 Å². The molecular formula is C23H19Cl2N5O2. The number of aryl methyl sites for hydroxylation is 1. The summed E-state index contributed by atoms with van der Waals surface area (Å²) in [5.41, 5.74) is 3.39. The average molecular weight is 468 g/mol. The van der Waals surface area contributed by atoms with Crippen LogP contribution in [0.5, 0.6) is 0 Å². The molecule has 0 unspecified atom stereocenters. The van der Waals surface area contributed by atoms with E-state index in [1.54, 1.807) is 47.1 Å². The number of hydrogen-bond acceptors (Lipinski definition) is 4. The van der Waals surface area contributed by atoms with Gasteiger partial charge in [0.05, 0.1) is 51.3 Å². The van der Waals surface area contributed by atoms with Crippen molar-refractivity contribution in [2.45, 2.75) is 19.9 Å². The molecule has 0 aliphatic rings. The Hall–Kier alpha value is -3.42. The topological polar surface area (TPSA) is 88.4 Å². The molecule has 3 aromatic heterocycles. The number of aromatic nitrogens is 3. The third kappa shape index (κ3) is 4.59. The first-order valence-electron chi connectivity index (χ1n) is 9.82. The maximum absolute atomic E-state index is 12.8. The van der Waals surface area contributed by atoms with Gasteiger partial charge in [-0.1, -0.05) is 35.3 Å². The molecule has 0 saturated heterocycles. The number of pyridine rings is 2. The van der Waals surface area contributed by atoms with Gasteiger partial charge in [0.25, 0.3) is 5.91 Å². The van der Waals surface area contributed by atoms with Crippen LogP contribution in [-0.2, 0) is 17.8 Å². The van der Waals surface area contributed by atoms with E-state index in [1.807, 2.05) is 25.1 Å². The molecular weight excluding hydrogens is 449 g/mol. The number of carbonyl (C=O) groups excluding carboxylic acids is 2. The zero-order chi connectivity index (χ0) is 22.7. The molecule has 0 spiro atoms. The van der Waals surface area contributed by atoms with Gasteiger partial charge in [0.1, 0.15) is 0 Å². The first kappa shape index (κ1) is 21.8. The van der Waals surface area contributed by atoms with E-state index in [1.165, 1.54) is 0 Å². The molecule has 0 fully saturated rings. The summed E-state index contributed by atoms with van der Waals surface area (Å²) in [7, 11) is 0. The van der Waals surface area contributed by atoms with Crippen LogP contribution >= 0.6 is 23.2 Å². The van der Waals surface area contributed by atoms with Gasteiger partial charge in [-0.25, -0.2) is 4.98 Å². The van der Waals surface area contributed by atoms with Crippen molar-refractivity contribution in [3.8, 4) is 0 Å². The van der Waals surface area contributed by atoms with Crippen molar-refractivity contribution in [1.29, 1.82) is 0 Å². The van der Waals surface area contributed by atoms with Crippen LogP contribution in [-0.4, -0.2) is 26.2 Å². The predicted molar refractivity (Wildman–Crippen MR) is 124 cm³/mol. The molecule has 0 aliphatic carbocycles. The highest BCUT2D eigenvalue weighted by Gasteiger charge is 2.19. The highest BCUT2D eigenvalue weighted by atomic mass is 35.5. The van der Waals surface area contributed by atoms with Gasteiger partial charge in [0.2, 0.25) is 5.91 Å². The molecule has 2 N–H and O–H groups in total. The van der Waals surface area contributed by atoms with Crippen LogP contribution in [0.15, 0.2) is 60.9 Å². The largest absolute Gasteiger partial charge is 0.350 e. The minimum Gasteiger partial charge on any atom is -0.350 e. The van der Waals surface area contributed by atoms with Crippen molar-refractivity contribution < 1.29 is 9.59 Å². The smallest absolute Gasteiger partial charge is 0.258 e. The van der Waals surface area contributed by atoms with Gasteiger partial charge in [0.15, 0.2) is 5.65 Å². The van der Waals surface area contributed by atoms with Gasteiger partial charge >= 0.3 is 0 Å². The van der Waals surface area contributed by atoms with E-state index in [2.05, 4.69) is 20.6 Å². The summed E-state index contributed by atoms with van der Waals surface area (Å²) in [5, 5.41) is 6.20. The van der Waals surface area contributed by atoms with Crippen LogP contribution in [0.4, 0.5) is 5.69 Å². The van der Waals surface area contributed by atoms with Crippen molar-refractivity contribution in [1.82, 2.24) is 19.7 Å². The molecule has 0 aliphatic heterocycles. The Kier molecular flexibility index (Phi) is 6.39. The van der Waals surface area contributed by atoms with E-state index in [9.17, 15) is 9.59 Å². The fourth-order valence-corrected chi connectivity index (χ4v) is 3.92. The van der Waals surface area contributed by atoms with Crippen LogP contribution in [0.2, 0.25) is 10.0 Å². The molecule has 0 radical (unpaired) electrons. The number of rotatable bonds is 6. The van der Waals surface area contributed by atoms with Gasteiger partial charge in [-0.3, -0.25) is 14.6 Å². The van der Waals surface area contributed by atoms with E-state index in [0.717, 1.165) is 11.4 Å².